The van der Waals surface area contributed by atoms with Crippen LogP contribution in [0.5, 0.6) is 0 Å². The molecule has 2 N–H and O–H groups in total. The van der Waals surface area contributed by atoms with Crippen molar-refractivity contribution in [2.45, 2.75) is 25.9 Å². The van der Waals surface area contributed by atoms with Crippen LogP contribution >= 0.6 is 0 Å². The highest BCUT2D eigenvalue weighted by atomic mass is 16.5. The summed E-state index contributed by atoms with van der Waals surface area (Å²) in [5.41, 5.74) is 0.698. The first-order valence-corrected chi connectivity index (χ1v) is 8.62. The van der Waals surface area contributed by atoms with Crippen LogP contribution in [0.1, 0.15) is 13.8 Å². The van der Waals surface area contributed by atoms with Gasteiger partial charge in [0.15, 0.2) is 6.04 Å². The molecule has 8 heteroatoms. The molecular formula is C18H22N2O6+2. The van der Waals surface area contributed by atoms with E-state index in [-0.39, 0.29) is 19.0 Å². The summed E-state index contributed by atoms with van der Waals surface area (Å²) in [7, 11) is 0. The number of pyridine rings is 1. The Morgan fingerprint density at radius 3 is 2.27 bits per heavy atom. The number of carbonyl (C=O) groups excluding carboxylic acids is 3. The van der Waals surface area contributed by atoms with Gasteiger partial charge in [-0.1, -0.05) is 0 Å². The second-order valence-corrected chi connectivity index (χ2v) is 6.24. The third-order valence-corrected chi connectivity index (χ3v) is 4.87. The lowest BCUT2D eigenvalue weighted by molar-refractivity contribution is -0.906. The summed E-state index contributed by atoms with van der Waals surface area (Å²) in [5, 5.41) is 9.45. The lowest BCUT2D eigenvalue weighted by atomic mass is 9.87. The van der Waals surface area contributed by atoms with Gasteiger partial charge >= 0.3 is 11.9 Å². The van der Waals surface area contributed by atoms with Crippen LogP contribution < -0.4 is 9.63 Å². The molecule has 26 heavy (non-hydrogen) atoms. The van der Waals surface area contributed by atoms with Crippen molar-refractivity contribution in [3.05, 3.63) is 36.7 Å². The molecule has 1 saturated heterocycles. The summed E-state index contributed by atoms with van der Waals surface area (Å²) < 4.78 is 11.2. The highest BCUT2D eigenvalue weighted by Gasteiger charge is 2.63. The van der Waals surface area contributed by atoms with E-state index in [1.807, 2.05) is 0 Å². The van der Waals surface area contributed by atoms with Crippen LogP contribution in [0.3, 0.4) is 0 Å². The fourth-order valence-corrected chi connectivity index (χ4v) is 3.92. The van der Waals surface area contributed by atoms with Crippen molar-refractivity contribution in [3.8, 4) is 0 Å². The van der Waals surface area contributed by atoms with Crippen LogP contribution in [0.2, 0.25) is 0 Å². The SMILES string of the molecule is CCOC(=O)C1C(C(=O)OCC)C2C(=O)C=CC1[NH+]2c1cc[n+](O)cc1. The molecule has 0 saturated carbocycles. The lowest BCUT2D eigenvalue weighted by Gasteiger charge is -2.27. The minimum absolute atomic E-state index is 0.162. The van der Waals surface area contributed by atoms with Crippen molar-refractivity contribution in [1.29, 1.82) is 0 Å². The van der Waals surface area contributed by atoms with Crippen molar-refractivity contribution in [2.24, 2.45) is 11.8 Å². The highest BCUT2D eigenvalue weighted by Crippen LogP contribution is 2.32. The fraction of sp³-hybridized carbons (Fsp3) is 0.444. The first-order valence-electron chi connectivity index (χ1n) is 8.62. The van der Waals surface area contributed by atoms with Gasteiger partial charge in [-0.2, -0.15) is 0 Å². The van der Waals surface area contributed by atoms with Crippen LogP contribution in [-0.2, 0) is 23.9 Å². The number of rotatable bonds is 5. The third-order valence-electron chi connectivity index (χ3n) is 4.87. The lowest BCUT2D eigenvalue weighted by Crippen LogP contribution is -3.14. The van der Waals surface area contributed by atoms with E-state index in [9.17, 15) is 19.6 Å². The molecule has 5 unspecified atom stereocenters. The van der Waals surface area contributed by atoms with Crippen LogP contribution in [0.15, 0.2) is 36.7 Å². The molecule has 8 nitrogen and oxygen atoms in total. The second-order valence-electron chi connectivity index (χ2n) is 6.24. The van der Waals surface area contributed by atoms with E-state index in [1.165, 1.54) is 18.5 Å². The zero-order chi connectivity index (χ0) is 18.8. The largest absolute Gasteiger partial charge is 0.466 e. The molecule has 1 aromatic rings. The summed E-state index contributed by atoms with van der Waals surface area (Å²) >= 11 is 0. The maximum Gasteiger partial charge on any atom is 0.316 e. The average molecular weight is 362 g/mol. The molecule has 138 valence electrons. The molecule has 2 aliphatic rings. The first kappa shape index (κ1) is 18.1. The van der Waals surface area contributed by atoms with Gasteiger partial charge in [-0.15, -0.1) is 0 Å². The number of hydrogen-bond acceptors (Lipinski definition) is 6. The Bertz CT molecular complexity index is 745. The van der Waals surface area contributed by atoms with E-state index in [2.05, 4.69) is 0 Å². The van der Waals surface area contributed by atoms with E-state index in [0.717, 1.165) is 4.73 Å². The number of carbonyl (C=O) groups is 3. The molecular weight excluding hydrogens is 340 g/mol. The average Bonchev–Trinajstić information content (AvgIpc) is 2.88. The molecule has 5 atom stereocenters. The van der Waals surface area contributed by atoms with Crippen molar-refractivity contribution in [3.63, 3.8) is 0 Å². The van der Waals surface area contributed by atoms with Gasteiger partial charge in [-0.05, 0) is 26.0 Å². The highest BCUT2D eigenvalue weighted by molar-refractivity contribution is 6.00. The quantitative estimate of drug-likeness (QED) is 0.395. The van der Waals surface area contributed by atoms with Crippen molar-refractivity contribution >= 4 is 23.4 Å². The number of esters is 2. The molecule has 0 aliphatic carbocycles. The zero-order valence-electron chi connectivity index (χ0n) is 14.6. The molecule has 2 bridgehead atoms. The molecule has 0 amide bonds. The van der Waals surface area contributed by atoms with Crippen LogP contribution in [-0.4, -0.2) is 48.2 Å². The van der Waals surface area contributed by atoms with Gasteiger partial charge in [0.1, 0.15) is 23.6 Å². The van der Waals surface area contributed by atoms with Crippen LogP contribution in [0, 0.1) is 11.8 Å². The molecule has 3 rings (SSSR count). The number of hydrogen-bond donors (Lipinski definition) is 2. The Hall–Kier alpha value is -2.74. The maximum absolute atomic E-state index is 12.6. The maximum atomic E-state index is 12.6. The molecule has 3 heterocycles. The number of ether oxygens (including phenoxy) is 2. The molecule has 1 aromatic heterocycles. The summed E-state index contributed by atoms with van der Waals surface area (Å²) in [4.78, 5) is 38.5. The van der Waals surface area contributed by atoms with Crippen LogP contribution in [0.4, 0.5) is 5.69 Å². The number of nitrogens with zero attached hydrogens (tertiary/aromatic N) is 1. The fourth-order valence-electron chi connectivity index (χ4n) is 3.92. The molecule has 0 radical (unpaired) electrons. The van der Waals surface area contributed by atoms with Gasteiger partial charge in [0.05, 0.1) is 25.3 Å². The van der Waals surface area contributed by atoms with Gasteiger partial charge in [0.2, 0.25) is 18.2 Å². The number of nitrogens with one attached hydrogen (secondary N) is 1. The Kier molecular flexibility index (Phi) is 5.03. The Balaban J connectivity index is 2.07. The van der Waals surface area contributed by atoms with Gasteiger partial charge in [-0.25, -0.2) is 0 Å². The van der Waals surface area contributed by atoms with E-state index >= 15 is 0 Å². The smallest absolute Gasteiger partial charge is 0.316 e. The number of fused-ring (bicyclic) bond motifs is 2. The van der Waals surface area contributed by atoms with Gasteiger partial charge in [0, 0.05) is 4.73 Å². The van der Waals surface area contributed by atoms with Gasteiger partial charge in [0.25, 0.3) is 0 Å². The van der Waals surface area contributed by atoms with Crippen molar-refractivity contribution in [1.82, 2.24) is 0 Å². The molecule has 2 aliphatic heterocycles. The summed E-state index contributed by atoms with van der Waals surface area (Å²) in [6, 6.07) is 2.10. The van der Waals surface area contributed by atoms with Crippen LogP contribution in [0.25, 0.3) is 0 Å². The first-order chi connectivity index (χ1) is 12.5. The minimum atomic E-state index is -0.919. The monoisotopic (exact) mass is 362 g/mol. The Morgan fingerprint density at radius 1 is 1.12 bits per heavy atom. The second kappa shape index (κ2) is 7.25. The van der Waals surface area contributed by atoms with Gasteiger partial charge < -0.3 is 9.47 Å². The minimum Gasteiger partial charge on any atom is -0.466 e. The zero-order valence-corrected chi connectivity index (χ0v) is 14.6. The Labute approximate surface area is 150 Å². The van der Waals surface area contributed by atoms with E-state index in [0.29, 0.717) is 10.6 Å². The topological polar surface area (TPSA) is 98.2 Å². The molecule has 1 fully saturated rings. The predicted octanol–water partition coefficient (Wildman–Crippen LogP) is -1.02. The number of quaternary nitrogens is 1. The Morgan fingerprint density at radius 2 is 1.69 bits per heavy atom. The van der Waals surface area contributed by atoms with Crippen molar-refractivity contribution < 1.29 is 38.7 Å². The summed E-state index contributed by atoms with van der Waals surface area (Å²) in [6.07, 6.45) is 5.96. The van der Waals surface area contributed by atoms with Crippen molar-refractivity contribution in [2.75, 3.05) is 13.2 Å². The molecule has 0 spiro atoms. The standard InChI is InChI=1S/C18H21N2O6/c1-3-25-17(22)14-12-5-6-13(21)16(15(14)18(23)26-4-2)20(12)11-7-9-19(24)10-8-11/h5-10,12,14-16,24H,3-4H2,1-2H3/q+1/p+1. The third kappa shape index (κ3) is 2.96. The van der Waals surface area contributed by atoms with E-state index in [1.54, 1.807) is 32.1 Å². The predicted molar refractivity (Wildman–Crippen MR) is 86.4 cm³/mol. The summed E-state index contributed by atoms with van der Waals surface area (Å²) in [6.45, 7) is 3.72. The molecule has 0 aromatic carbocycles. The normalized spacial score (nSPS) is 29.5. The number of ketones is 1. The van der Waals surface area contributed by atoms with Gasteiger partial charge in [-0.3, -0.25) is 24.5 Å². The number of aromatic nitrogens is 1. The van der Waals surface area contributed by atoms with E-state index < -0.39 is 35.9 Å². The van der Waals surface area contributed by atoms with E-state index in [4.69, 9.17) is 9.47 Å². The summed E-state index contributed by atoms with van der Waals surface area (Å²) in [5.74, 6) is -3.04.